The van der Waals surface area contributed by atoms with Crippen molar-refractivity contribution in [1.29, 1.82) is 0 Å². The highest BCUT2D eigenvalue weighted by atomic mass is 32.2. The van der Waals surface area contributed by atoms with Gasteiger partial charge in [-0.3, -0.25) is 9.10 Å². The predicted octanol–water partition coefficient (Wildman–Crippen LogP) is 3.50. The van der Waals surface area contributed by atoms with Gasteiger partial charge in [0.25, 0.3) is 15.9 Å². The Morgan fingerprint density at radius 3 is 2.74 bits per heavy atom. The summed E-state index contributed by atoms with van der Waals surface area (Å²) in [6, 6.07) is 10.7. The molecular weight excluding hydrogens is 367 g/mol. The third kappa shape index (κ3) is 3.98. The number of unbranched alkanes of at least 4 members (excludes halogenated alkanes) is 2. The van der Waals surface area contributed by atoms with E-state index in [1.165, 1.54) is 10.4 Å². The van der Waals surface area contributed by atoms with Crippen LogP contribution < -0.4 is 9.62 Å². The van der Waals surface area contributed by atoms with Gasteiger partial charge in [-0.25, -0.2) is 12.8 Å². The molecular formula is C20H23FN2O3S. The first-order valence-corrected chi connectivity index (χ1v) is 10.6. The maximum atomic E-state index is 14.1. The summed E-state index contributed by atoms with van der Waals surface area (Å²) in [5.74, 6) is -1.33. The monoisotopic (exact) mass is 390 g/mol. The second kappa shape index (κ2) is 8.08. The zero-order chi connectivity index (χ0) is 19.4. The number of carbonyl (C=O) groups excluding carboxylic acids is 1. The first-order valence-electron chi connectivity index (χ1n) is 9.13. The van der Waals surface area contributed by atoms with Crippen LogP contribution in [0.15, 0.2) is 47.4 Å². The molecule has 0 atom stereocenters. The molecule has 0 aromatic heterocycles. The lowest BCUT2D eigenvalue weighted by molar-refractivity contribution is 0.0948. The van der Waals surface area contributed by atoms with E-state index in [1.54, 1.807) is 12.1 Å². The van der Waals surface area contributed by atoms with Gasteiger partial charge < -0.3 is 5.32 Å². The van der Waals surface area contributed by atoms with Crippen LogP contribution >= 0.6 is 0 Å². The van der Waals surface area contributed by atoms with Crippen LogP contribution in [-0.2, 0) is 16.4 Å². The van der Waals surface area contributed by atoms with Crippen LogP contribution in [0.4, 0.5) is 10.1 Å². The molecule has 1 N–H and O–H groups in total. The minimum absolute atomic E-state index is 0.0840. The summed E-state index contributed by atoms with van der Waals surface area (Å²) in [6.45, 7) is 2.81. The quantitative estimate of drug-likeness (QED) is 0.736. The van der Waals surface area contributed by atoms with Gasteiger partial charge in [-0.05, 0) is 42.7 Å². The van der Waals surface area contributed by atoms with E-state index < -0.39 is 21.7 Å². The zero-order valence-corrected chi connectivity index (χ0v) is 16.1. The van der Waals surface area contributed by atoms with Crippen LogP contribution in [0.3, 0.4) is 0 Å². The van der Waals surface area contributed by atoms with E-state index in [2.05, 4.69) is 5.32 Å². The maximum Gasteiger partial charge on any atom is 0.264 e. The average Bonchev–Trinajstić information content (AvgIpc) is 3.10. The van der Waals surface area contributed by atoms with Crippen molar-refractivity contribution in [2.24, 2.45) is 0 Å². The van der Waals surface area contributed by atoms with Gasteiger partial charge in [-0.15, -0.1) is 0 Å². The van der Waals surface area contributed by atoms with E-state index >= 15 is 0 Å². The molecule has 0 bridgehead atoms. The highest BCUT2D eigenvalue weighted by Gasteiger charge is 2.31. The maximum absolute atomic E-state index is 14.1. The fraction of sp³-hybridized carbons (Fsp3) is 0.350. The first kappa shape index (κ1) is 19.4. The van der Waals surface area contributed by atoms with Gasteiger partial charge >= 0.3 is 0 Å². The van der Waals surface area contributed by atoms with Crippen molar-refractivity contribution in [2.75, 3.05) is 17.4 Å². The van der Waals surface area contributed by atoms with E-state index in [4.69, 9.17) is 0 Å². The second-order valence-corrected chi connectivity index (χ2v) is 8.42. The smallest absolute Gasteiger partial charge is 0.264 e. The lowest BCUT2D eigenvalue weighted by Crippen LogP contribution is -2.30. The van der Waals surface area contributed by atoms with E-state index in [1.807, 2.05) is 19.1 Å². The van der Waals surface area contributed by atoms with Gasteiger partial charge in [0.2, 0.25) is 0 Å². The Labute approximate surface area is 159 Å². The molecule has 144 valence electrons. The molecule has 1 heterocycles. The van der Waals surface area contributed by atoms with Gasteiger partial charge in [0.05, 0.1) is 16.1 Å². The zero-order valence-electron chi connectivity index (χ0n) is 15.2. The van der Waals surface area contributed by atoms with Gasteiger partial charge in [0.1, 0.15) is 5.82 Å². The van der Waals surface area contributed by atoms with Crippen molar-refractivity contribution < 1.29 is 17.6 Å². The number of hydrogen-bond donors (Lipinski definition) is 1. The molecule has 1 aliphatic rings. The number of sulfonamides is 1. The predicted molar refractivity (Wildman–Crippen MR) is 103 cm³/mol. The van der Waals surface area contributed by atoms with Gasteiger partial charge in [-0.2, -0.15) is 0 Å². The number of rotatable bonds is 7. The Kier molecular flexibility index (Phi) is 5.79. The summed E-state index contributed by atoms with van der Waals surface area (Å²) in [7, 11) is -3.87. The molecule has 2 aromatic rings. The largest absolute Gasteiger partial charge is 0.352 e. The third-order valence-electron chi connectivity index (χ3n) is 4.68. The molecule has 0 fully saturated rings. The van der Waals surface area contributed by atoms with E-state index in [0.29, 0.717) is 25.2 Å². The molecule has 0 aliphatic carbocycles. The molecule has 0 saturated heterocycles. The lowest BCUT2D eigenvalue weighted by atomic mass is 10.2. The number of fused-ring (bicyclic) bond motifs is 1. The molecule has 2 aromatic carbocycles. The molecule has 1 aliphatic heterocycles. The molecule has 3 rings (SSSR count). The van der Waals surface area contributed by atoms with Crippen LogP contribution in [0, 0.1) is 5.82 Å². The SMILES string of the molecule is CCCCCNC(=O)c1cc(S(=O)(=O)N2CCc3ccccc32)ccc1F. The summed E-state index contributed by atoms with van der Waals surface area (Å²) in [5, 5.41) is 2.65. The Balaban J connectivity index is 1.86. The molecule has 0 unspecified atom stereocenters. The number of amides is 1. The normalized spacial score (nSPS) is 13.5. The number of hydrogen-bond acceptors (Lipinski definition) is 3. The van der Waals surface area contributed by atoms with E-state index in [0.717, 1.165) is 37.0 Å². The summed E-state index contributed by atoms with van der Waals surface area (Å²) in [6.07, 6.45) is 3.40. The number of halogens is 1. The molecule has 5 nitrogen and oxygen atoms in total. The highest BCUT2D eigenvalue weighted by Crippen LogP contribution is 2.33. The number of para-hydroxylation sites is 1. The van der Waals surface area contributed by atoms with Crippen LogP contribution in [0.1, 0.15) is 42.1 Å². The van der Waals surface area contributed by atoms with Gasteiger partial charge in [0, 0.05) is 13.1 Å². The number of anilines is 1. The molecule has 0 saturated carbocycles. The Morgan fingerprint density at radius 1 is 1.19 bits per heavy atom. The second-order valence-electron chi connectivity index (χ2n) is 6.56. The Morgan fingerprint density at radius 2 is 1.96 bits per heavy atom. The number of benzene rings is 2. The lowest BCUT2D eigenvalue weighted by Gasteiger charge is -2.20. The standard InChI is InChI=1S/C20H23FN2O3S/c1-2-3-6-12-22-20(24)17-14-16(9-10-18(17)21)27(25,26)23-13-11-15-7-4-5-8-19(15)23/h4-5,7-10,14H,2-3,6,11-13H2,1H3,(H,22,24). The summed E-state index contributed by atoms with van der Waals surface area (Å²) >= 11 is 0. The van der Waals surface area contributed by atoms with Crippen molar-refractivity contribution in [3.63, 3.8) is 0 Å². The molecule has 0 spiro atoms. The number of carbonyl (C=O) groups is 1. The summed E-state index contributed by atoms with van der Waals surface area (Å²) in [5.41, 5.74) is 1.34. The number of nitrogens with one attached hydrogen (secondary N) is 1. The summed E-state index contributed by atoms with van der Waals surface area (Å²) < 4.78 is 41.6. The minimum atomic E-state index is -3.87. The summed E-state index contributed by atoms with van der Waals surface area (Å²) in [4.78, 5) is 12.2. The van der Waals surface area contributed by atoms with E-state index in [9.17, 15) is 17.6 Å². The van der Waals surface area contributed by atoms with Gasteiger partial charge in [0.15, 0.2) is 0 Å². The molecule has 0 radical (unpaired) electrons. The number of nitrogens with zero attached hydrogens (tertiary/aromatic N) is 1. The molecule has 1 amide bonds. The fourth-order valence-corrected chi connectivity index (χ4v) is 4.73. The fourth-order valence-electron chi connectivity index (χ4n) is 3.20. The van der Waals surface area contributed by atoms with Crippen LogP contribution in [0.2, 0.25) is 0 Å². The minimum Gasteiger partial charge on any atom is -0.352 e. The highest BCUT2D eigenvalue weighted by molar-refractivity contribution is 7.92. The van der Waals surface area contributed by atoms with Crippen LogP contribution in [-0.4, -0.2) is 27.4 Å². The van der Waals surface area contributed by atoms with Crippen LogP contribution in [0.25, 0.3) is 0 Å². The van der Waals surface area contributed by atoms with Crippen molar-refractivity contribution in [3.05, 3.63) is 59.4 Å². The Bertz CT molecular complexity index is 944. The Hall–Kier alpha value is -2.41. The topological polar surface area (TPSA) is 66.5 Å². The average molecular weight is 390 g/mol. The van der Waals surface area contributed by atoms with Crippen molar-refractivity contribution in [1.82, 2.24) is 5.32 Å². The van der Waals surface area contributed by atoms with Gasteiger partial charge in [-0.1, -0.05) is 38.0 Å². The first-order chi connectivity index (χ1) is 12.9. The van der Waals surface area contributed by atoms with Crippen molar-refractivity contribution in [3.8, 4) is 0 Å². The van der Waals surface area contributed by atoms with E-state index in [-0.39, 0.29) is 10.5 Å². The molecule has 27 heavy (non-hydrogen) atoms. The molecule has 7 heteroatoms. The van der Waals surface area contributed by atoms with Crippen molar-refractivity contribution in [2.45, 2.75) is 37.5 Å². The van der Waals surface area contributed by atoms with Crippen molar-refractivity contribution >= 4 is 21.6 Å². The third-order valence-corrected chi connectivity index (χ3v) is 6.49. The van der Waals surface area contributed by atoms with Crippen LogP contribution in [0.5, 0.6) is 0 Å².